The van der Waals surface area contributed by atoms with Crippen LogP contribution in [0, 0.1) is 0 Å². The lowest BCUT2D eigenvalue weighted by atomic mass is 10.2. The lowest BCUT2D eigenvalue weighted by Crippen LogP contribution is -2.36. The lowest BCUT2D eigenvalue weighted by molar-refractivity contribution is 0.169. The van der Waals surface area contributed by atoms with Gasteiger partial charge in [-0.25, -0.2) is 0 Å². The van der Waals surface area contributed by atoms with Gasteiger partial charge >= 0.3 is 10.4 Å². The van der Waals surface area contributed by atoms with Gasteiger partial charge in [0.15, 0.2) is 0 Å². The molecular formula is C12H26N2O4S. The summed E-state index contributed by atoms with van der Waals surface area (Å²) in [4.78, 5) is 4.77. The summed E-state index contributed by atoms with van der Waals surface area (Å²) in [6.07, 6.45) is 11.7. The molecule has 0 saturated carbocycles. The van der Waals surface area contributed by atoms with Crippen molar-refractivity contribution in [1.29, 1.82) is 0 Å². The van der Waals surface area contributed by atoms with Gasteiger partial charge in [-0.15, -0.1) is 0 Å². The molecular weight excluding hydrogens is 268 g/mol. The molecule has 1 unspecified atom stereocenters. The lowest BCUT2D eigenvalue weighted by Gasteiger charge is -2.29. The first kappa shape index (κ1) is 18.2. The highest BCUT2D eigenvalue weighted by Crippen LogP contribution is 2.17. The molecule has 2 N–H and O–H groups in total. The fourth-order valence-corrected chi connectivity index (χ4v) is 2.09. The summed E-state index contributed by atoms with van der Waals surface area (Å²) < 4.78 is 31.6. The average molecular weight is 294 g/mol. The highest BCUT2D eigenvalue weighted by Gasteiger charge is 2.20. The number of hydrogen-bond acceptors (Lipinski definition) is 4. The van der Waals surface area contributed by atoms with Crippen LogP contribution in [0.4, 0.5) is 0 Å². The number of nitrogens with zero attached hydrogens (tertiary/aromatic N) is 2. The van der Waals surface area contributed by atoms with Crippen LogP contribution in [0.1, 0.15) is 46.0 Å². The van der Waals surface area contributed by atoms with E-state index >= 15 is 0 Å². The van der Waals surface area contributed by atoms with Crippen molar-refractivity contribution in [3.05, 3.63) is 12.4 Å². The molecule has 0 aromatic heterocycles. The minimum Gasteiger partial charge on any atom is -0.359 e. The zero-order valence-corrected chi connectivity index (χ0v) is 12.8. The second kappa shape index (κ2) is 9.17. The van der Waals surface area contributed by atoms with Crippen LogP contribution in [0.2, 0.25) is 0 Å². The zero-order valence-electron chi connectivity index (χ0n) is 12.0. The van der Waals surface area contributed by atoms with Crippen LogP contribution in [0.25, 0.3) is 0 Å². The molecule has 114 valence electrons. The second-order valence-corrected chi connectivity index (χ2v) is 5.49. The van der Waals surface area contributed by atoms with E-state index in [2.05, 4.69) is 43.1 Å². The van der Waals surface area contributed by atoms with E-state index in [0.717, 1.165) is 0 Å². The van der Waals surface area contributed by atoms with Crippen molar-refractivity contribution in [3.63, 3.8) is 0 Å². The van der Waals surface area contributed by atoms with Crippen LogP contribution in [0.5, 0.6) is 0 Å². The Labute approximate surface area is 116 Å². The van der Waals surface area contributed by atoms with Gasteiger partial charge in [-0.3, -0.25) is 9.11 Å². The molecule has 19 heavy (non-hydrogen) atoms. The third-order valence-corrected chi connectivity index (χ3v) is 2.98. The van der Waals surface area contributed by atoms with Gasteiger partial charge in [-0.2, -0.15) is 8.42 Å². The monoisotopic (exact) mass is 294 g/mol. The Morgan fingerprint density at radius 3 is 2.16 bits per heavy atom. The van der Waals surface area contributed by atoms with Crippen LogP contribution in [-0.2, 0) is 10.4 Å². The quantitative estimate of drug-likeness (QED) is 0.578. The zero-order chi connectivity index (χ0) is 14.9. The molecule has 0 aromatic rings. The Morgan fingerprint density at radius 1 is 1.11 bits per heavy atom. The molecule has 1 heterocycles. The summed E-state index contributed by atoms with van der Waals surface area (Å²) >= 11 is 0. The molecule has 1 aliphatic rings. The topological polar surface area (TPSA) is 81.1 Å². The van der Waals surface area contributed by atoms with E-state index in [-0.39, 0.29) is 0 Å². The Bertz CT molecular complexity index is 349. The van der Waals surface area contributed by atoms with Crippen LogP contribution < -0.4 is 0 Å². The minimum absolute atomic E-state index is 0.608. The van der Waals surface area contributed by atoms with E-state index in [1.54, 1.807) is 0 Å². The molecule has 1 rings (SSSR count). The van der Waals surface area contributed by atoms with Crippen LogP contribution >= 0.6 is 0 Å². The summed E-state index contributed by atoms with van der Waals surface area (Å²) in [5.74, 6) is 0. The third kappa shape index (κ3) is 9.75. The molecule has 1 atom stereocenters. The Morgan fingerprint density at radius 2 is 1.68 bits per heavy atom. The van der Waals surface area contributed by atoms with Crippen LogP contribution in [0.3, 0.4) is 0 Å². The van der Waals surface area contributed by atoms with Crippen molar-refractivity contribution < 1.29 is 17.5 Å². The Hall–Kier alpha value is -0.790. The van der Waals surface area contributed by atoms with Gasteiger partial charge in [0.05, 0.1) is 0 Å². The van der Waals surface area contributed by atoms with Crippen molar-refractivity contribution in [1.82, 2.24) is 9.80 Å². The molecule has 0 fully saturated rings. The number of unbranched alkanes of at least 4 members (excludes halogenated alkanes) is 3. The minimum atomic E-state index is -4.67. The second-order valence-electron chi connectivity index (χ2n) is 4.60. The van der Waals surface area contributed by atoms with Crippen molar-refractivity contribution in [2.75, 3.05) is 13.6 Å². The molecule has 0 bridgehead atoms. The van der Waals surface area contributed by atoms with Gasteiger partial charge in [0.2, 0.25) is 0 Å². The van der Waals surface area contributed by atoms with Gasteiger partial charge < -0.3 is 9.80 Å². The predicted molar refractivity (Wildman–Crippen MR) is 76.0 cm³/mol. The van der Waals surface area contributed by atoms with Gasteiger partial charge in [-0.1, -0.05) is 33.1 Å². The summed E-state index contributed by atoms with van der Waals surface area (Å²) in [6, 6.07) is 0. The maximum atomic E-state index is 8.74. The number of rotatable bonds is 6. The first-order valence-electron chi connectivity index (χ1n) is 6.65. The maximum Gasteiger partial charge on any atom is 0.394 e. The van der Waals surface area contributed by atoms with E-state index in [0.29, 0.717) is 6.17 Å². The van der Waals surface area contributed by atoms with Gasteiger partial charge in [-0.05, 0) is 12.8 Å². The maximum absolute atomic E-state index is 8.74. The van der Waals surface area contributed by atoms with Gasteiger partial charge in [0.25, 0.3) is 0 Å². The Balaban J connectivity index is 0.000000555. The smallest absolute Gasteiger partial charge is 0.359 e. The largest absolute Gasteiger partial charge is 0.394 e. The molecule has 0 saturated heterocycles. The van der Waals surface area contributed by atoms with Crippen molar-refractivity contribution >= 4 is 10.4 Å². The normalized spacial score (nSPS) is 18.5. The van der Waals surface area contributed by atoms with E-state index < -0.39 is 10.4 Å². The molecule has 0 spiro atoms. The standard InChI is InChI=1S/C12H24N2.H2O4S/c1-4-6-7-8-9-14-11-10-13(3)12(14)5-2;1-5(2,3)4/h10-12H,4-9H2,1-3H3;(H2,1,2,3,4). The molecule has 0 aliphatic carbocycles. The predicted octanol–water partition coefficient (Wildman–Crippen LogP) is 2.37. The average Bonchev–Trinajstić information content (AvgIpc) is 2.63. The first-order chi connectivity index (χ1) is 8.79. The van der Waals surface area contributed by atoms with Crippen LogP contribution in [-0.4, -0.2) is 47.1 Å². The van der Waals surface area contributed by atoms with Gasteiger partial charge in [0.1, 0.15) is 6.17 Å². The molecule has 0 amide bonds. The van der Waals surface area contributed by atoms with Crippen LogP contribution in [0.15, 0.2) is 12.4 Å². The SMILES string of the molecule is CCCCCCN1C=CN(C)C1CC.O=S(=O)(O)O. The molecule has 0 radical (unpaired) electrons. The van der Waals surface area contributed by atoms with E-state index in [1.165, 1.54) is 38.6 Å². The third-order valence-electron chi connectivity index (χ3n) is 2.98. The molecule has 6 nitrogen and oxygen atoms in total. The van der Waals surface area contributed by atoms with Crippen molar-refractivity contribution in [2.24, 2.45) is 0 Å². The van der Waals surface area contributed by atoms with E-state index in [4.69, 9.17) is 17.5 Å². The highest BCUT2D eigenvalue weighted by atomic mass is 32.3. The summed E-state index contributed by atoms with van der Waals surface area (Å²) in [6.45, 7) is 5.74. The fraction of sp³-hybridized carbons (Fsp3) is 0.833. The highest BCUT2D eigenvalue weighted by molar-refractivity contribution is 7.79. The fourth-order valence-electron chi connectivity index (χ4n) is 2.09. The molecule has 1 aliphatic heterocycles. The molecule has 7 heteroatoms. The van der Waals surface area contributed by atoms with E-state index in [1.807, 2.05) is 0 Å². The van der Waals surface area contributed by atoms with Crippen molar-refractivity contribution in [3.8, 4) is 0 Å². The number of hydrogen-bond donors (Lipinski definition) is 2. The Kier molecular flexibility index (Phi) is 8.79. The first-order valence-corrected chi connectivity index (χ1v) is 8.05. The summed E-state index contributed by atoms with van der Waals surface area (Å²) in [5, 5.41) is 0. The van der Waals surface area contributed by atoms with E-state index in [9.17, 15) is 0 Å². The summed E-state index contributed by atoms with van der Waals surface area (Å²) in [5.41, 5.74) is 0. The van der Waals surface area contributed by atoms with Gasteiger partial charge in [0, 0.05) is 26.0 Å². The van der Waals surface area contributed by atoms with Crippen molar-refractivity contribution in [2.45, 2.75) is 52.1 Å². The summed E-state index contributed by atoms with van der Waals surface area (Å²) in [7, 11) is -2.50. The molecule has 0 aromatic carbocycles.